The molecule has 3 aromatic heterocycles. The number of aromatic nitrogens is 4. The van der Waals surface area contributed by atoms with E-state index in [1.165, 1.54) is 22.8 Å². The number of carbonyl (C=O) groups is 2. The Labute approximate surface area is 422 Å². The fourth-order valence-electron chi connectivity index (χ4n) is 10.2. The zero-order valence-electron chi connectivity index (χ0n) is 40.6. The van der Waals surface area contributed by atoms with Crippen LogP contribution in [0.4, 0.5) is 11.4 Å². The highest BCUT2D eigenvalue weighted by Gasteiger charge is 2.41. The number of anilines is 1. The molecule has 0 spiro atoms. The van der Waals surface area contributed by atoms with Gasteiger partial charge in [0, 0.05) is 67.6 Å². The van der Waals surface area contributed by atoms with Gasteiger partial charge in [0.05, 0.1) is 52.0 Å². The molecule has 2 aliphatic heterocycles. The average molecular weight is 1020 g/mol. The lowest BCUT2D eigenvalue weighted by Gasteiger charge is -2.40. The van der Waals surface area contributed by atoms with Gasteiger partial charge in [0.1, 0.15) is 23.9 Å². The minimum Gasteiger partial charge on any atom is -0.484 e. The summed E-state index contributed by atoms with van der Waals surface area (Å²) in [6.07, 6.45) is 8.63. The van der Waals surface area contributed by atoms with Gasteiger partial charge >= 0.3 is 5.69 Å². The maximum Gasteiger partial charge on any atom is 0.312 e. The smallest absolute Gasteiger partial charge is 0.312 e. The first-order valence-electron chi connectivity index (χ1n) is 24.1. The van der Waals surface area contributed by atoms with E-state index in [0.29, 0.717) is 42.0 Å². The molecule has 2 fully saturated rings. The molecule has 2 saturated heterocycles. The van der Waals surface area contributed by atoms with E-state index in [4.69, 9.17) is 26.1 Å². The Bertz CT molecular complexity index is 3270. The van der Waals surface area contributed by atoms with E-state index in [9.17, 15) is 28.1 Å². The number of ether oxygens (including phenoxy) is 2. The molecule has 20 heteroatoms. The summed E-state index contributed by atoms with van der Waals surface area (Å²) in [5, 5.41) is 18.7. The van der Waals surface area contributed by atoms with E-state index in [1.54, 1.807) is 39.0 Å². The molecule has 2 amide bonds. The Kier molecular flexibility index (Phi) is 13.4. The molecule has 2 atom stereocenters. The number of likely N-dealkylation sites (N-methyl/N-ethyl adjacent to an activating group) is 1. The van der Waals surface area contributed by atoms with Gasteiger partial charge in [-0.25, -0.2) is 22.8 Å². The third-order valence-corrected chi connectivity index (χ3v) is 15.6. The molecule has 10 rings (SSSR count). The number of aromatic amines is 1. The second-order valence-electron chi connectivity index (χ2n) is 20.1. The number of sulfonamides is 1. The average Bonchev–Trinajstić information content (AvgIpc) is 3.96. The number of piperazine rings is 1. The summed E-state index contributed by atoms with van der Waals surface area (Å²) in [4.78, 5) is 54.8. The van der Waals surface area contributed by atoms with Gasteiger partial charge in [-0.2, -0.15) is 5.10 Å². The topological polar surface area (TPSA) is 201 Å². The van der Waals surface area contributed by atoms with Crippen molar-refractivity contribution in [3.8, 4) is 11.4 Å². The standard InChI is InChI=1S/C52H57ClN10O8S/c1-52(2)17-15-36(41(28-52)33-7-9-37(53)10-8-33)30-59-19-21-60(22-20-59)38-11-13-40(43(26-38)62-44-25-35-16-18-54-50(35)56-42(44)29-55-62)51(65)57-72(68,69)39-12-14-46(45(27-39)63(66)67)71-32-47-49(34-5-6-34)61(23-24-70-47)48(64)31-58(3)4/h5,7-14,16,18,25-27,29,47,49H,6,15,17,19-24,28,30-32H2,1-4H3,(H,54,56)(H,57,65)/t47-,49?/m0/s1. The zero-order chi connectivity index (χ0) is 50.5. The van der Waals surface area contributed by atoms with Gasteiger partial charge < -0.3 is 29.2 Å². The number of nitrogens with one attached hydrogen (secondary N) is 2. The Balaban J connectivity index is 0.887. The largest absolute Gasteiger partial charge is 0.484 e. The number of rotatable bonds is 15. The first kappa shape index (κ1) is 49.0. The summed E-state index contributed by atoms with van der Waals surface area (Å²) in [5.41, 5.74) is 7.64. The monoisotopic (exact) mass is 1020 g/mol. The van der Waals surface area contributed by atoms with Crippen molar-refractivity contribution in [3.05, 3.63) is 129 Å². The number of pyridine rings is 1. The Morgan fingerprint density at radius 1 is 1.03 bits per heavy atom. The molecular formula is C52H57ClN10O8S. The number of nitrogens with zero attached hydrogens (tertiary/aromatic N) is 8. The maximum absolute atomic E-state index is 14.4. The second-order valence-corrected chi connectivity index (χ2v) is 22.2. The number of allylic oxidation sites excluding steroid dienone is 2. The van der Waals surface area contributed by atoms with E-state index in [0.717, 1.165) is 79.1 Å². The van der Waals surface area contributed by atoms with Gasteiger partial charge in [0.15, 0.2) is 5.75 Å². The van der Waals surface area contributed by atoms with E-state index < -0.39 is 43.6 Å². The van der Waals surface area contributed by atoms with Crippen molar-refractivity contribution in [1.29, 1.82) is 0 Å². The van der Waals surface area contributed by atoms with Crippen LogP contribution in [-0.4, -0.2) is 145 Å². The first-order chi connectivity index (χ1) is 34.5. The molecule has 0 bridgehead atoms. The molecule has 1 unspecified atom stereocenters. The van der Waals surface area contributed by atoms with Gasteiger partial charge in [0.25, 0.3) is 15.9 Å². The minimum atomic E-state index is -4.69. The number of nitro benzene ring substituents is 1. The quantitative estimate of drug-likeness (QED) is 0.0593. The highest BCUT2D eigenvalue weighted by Crippen LogP contribution is 2.44. The van der Waals surface area contributed by atoms with Crippen molar-refractivity contribution in [3.63, 3.8) is 0 Å². The molecule has 2 N–H and O–H groups in total. The number of hydrogen-bond acceptors (Lipinski definition) is 13. The summed E-state index contributed by atoms with van der Waals surface area (Å²) in [7, 11) is -1.07. The number of halogens is 1. The van der Waals surface area contributed by atoms with Crippen LogP contribution in [-0.2, 0) is 19.6 Å². The third-order valence-electron chi connectivity index (χ3n) is 14.1. The van der Waals surface area contributed by atoms with Gasteiger partial charge in [-0.05, 0) is 117 Å². The predicted octanol–water partition coefficient (Wildman–Crippen LogP) is 7.23. The normalized spacial score (nSPS) is 19.5. The van der Waals surface area contributed by atoms with E-state index in [2.05, 4.69) is 50.6 Å². The fourth-order valence-corrected chi connectivity index (χ4v) is 11.3. The first-order valence-corrected chi connectivity index (χ1v) is 26.0. The van der Waals surface area contributed by atoms with Crippen molar-refractivity contribution in [2.45, 2.75) is 56.6 Å². The Morgan fingerprint density at radius 2 is 1.81 bits per heavy atom. The fraction of sp³-hybridized carbons (Fsp3) is 0.385. The lowest BCUT2D eigenvalue weighted by Crippen LogP contribution is -2.56. The second kappa shape index (κ2) is 19.8. The van der Waals surface area contributed by atoms with Crippen LogP contribution in [0.25, 0.3) is 33.3 Å². The van der Waals surface area contributed by atoms with Crippen molar-refractivity contribution >= 4 is 72.5 Å². The lowest BCUT2D eigenvalue weighted by atomic mass is 9.72. The number of carbonyl (C=O) groups excluding carboxylic acids is 2. The number of amides is 2. The molecule has 18 nitrogen and oxygen atoms in total. The molecule has 3 aromatic carbocycles. The van der Waals surface area contributed by atoms with E-state index >= 15 is 0 Å². The van der Waals surface area contributed by atoms with Gasteiger partial charge in [0.2, 0.25) is 5.91 Å². The predicted molar refractivity (Wildman–Crippen MR) is 275 cm³/mol. The van der Waals surface area contributed by atoms with Crippen molar-refractivity contribution in [2.24, 2.45) is 5.41 Å². The maximum atomic E-state index is 14.4. The lowest BCUT2D eigenvalue weighted by molar-refractivity contribution is -0.386. The molecule has 0 saturated carbocycles. The van der Waals surface area contributed by atoms with Gasteiger partial charge in [-0.3, -0.25) is 24.6 Å². The summed E-state index contributed by atoms with van der Waals surface area (Å²) in [5.74, 6) is -1.23. The highest BCUT2D eigenvalue weighted by atomic mass is 35.5. The summed E-state index contributed by atoms with van der Waals surface area (Å²) in [6.45, 7) is 9.27. The molecule has 6 aromatic rings. The van der Waals surface area contributed by atoms with Crippen molar-refractivity contribution in [2.75, 3.05) is 78.0 Å². The van der Waals surface area contributed by atoms with Gasteiger partial charge in [-0.1, -0.05) is 49.2 Å². The van der Waals surface area contributed by atoms with Crippen LogP contribution in [0.5, 0.6) is 5.75 Å². The third kappa shape index (κ3) is 10.3. The molecular weight excluding hydrogens is 960 g/mol. The summed E-state index contributed by atoms with van der Waals surface area (Å²) < 4.78 is 43.8. The molecule has 72 heavy (non-hydrogen) atoms. The van der Waals surface area contributed by atoms with E-state index in [-0.39, 0.29) is 42.4 Å². The zero-order valence-corrected chi connectivity index (χ0v) is 42.2. The summed E-state index contributed by atoms with van der Waals surface area (Å²) >= 11 is 6.27. The molecule has 376 valence electrons. The SMILES string of the molecule is CN(C)CC(=O)N1CCO[C@@H](COc2ccc(S(=O)(=O)NC(=O)c3ccc(N4CCN(CC5=C(c6ccc(Cl)cc6)CC(C)(C)CC5)CC4)cc3-n3ncc4nc5[nH]ccc5cc43)cc2[N+](=O)[O-])C1C1=CC1. The highest BCUT2D eigenvalue weighted by molar-refractivity contribution is 7.90. The van der Waals surface area contributed by atoms with Crippen molar-refractivity contribution < 1.29 is 32.4 Å². The molecule has 2 aliphatic carbocycles. The minimum absolute atomic E-state index is 0.00221. The van der Waals surface area contributed by atoms with E-state index in [1.807, 2.05) is 50.5 Å². The van der Waals surface area contributed by atoms with Crippen LogP contribution < -0.4 is 14.4 Å². The number of H-pyrrole nitrogens is 1. The van der Waals surface area contributed by atoms with Gasteiger partial charge in [-0.15, -0.1) is 0 Å². The Hall–Kier alpha value is -6.64. The van der Waals surface area contributed by atoms with Crippen LogP contribution >= 0.6 is 11.6 Å². The van der Waals surface area contributed by atoms with Crippen LogP contribution in [0.15, 0.2) is 107 Å². The van der Waals surface area contributed by atoms with Crippen LogP contribution in [0.1, 0.15) is 55.5 Å². The number of morpholine rings is 1. The Morgan fingerprint density at radius 3 is 2.54 bits per heavy atom. The van der Waals surface area contributed by atoms with Crippen LogP contribution in [0, 0.1) is 15.5 Å². The number of benzene rings is 3. The number of hydrogen-bond donors (Lipinski definition) is 2. The molecule has 4 aliphatic rings. The van der Waals surface area contributed by atoms with Crippen LogP contribution in [0.3, 0.4) is 0 Å². The molecule has 5 heterocycles. The van der Waals surface area contributed by atoms with Crippen LogP contribution in [0.2, 0.25) is 5.02 Å². The number of nitro groups is 1. The van der Waals surface area contributed by atoms with Crippen molar-refractivity contribution in [1.82, 2.24) is 39.2 Å². The summed E-state index contributed by atoms with van der Waals surface area (Å²) in [6, 6.07) is 20.0. The molecule has 0 radical (unpaired) electrons. The number of fused-ring (bicyclic) bond motifs is 2.